The standard InChI is InChI=1S/C42H42N6O6S2/c1-25-11-5-7-13-29(25)47-39(51)35(37(49)43-41(47)55)34(36-38(50)44-42(56)48(40(36)52)30-14-8-6-12-26(30)2)27-17-18-32(53-3)28(23-27)24-45-19-21-46(22-20-45)31-15-9-10-16-33(31)54-4/h5-18,23,34,51-52H,19-22,24H2,1-4H3,(H,43,49,55)(H,44,50,56). The van der Waals surface area contributed by atoms with Gasteiger partial charge in [-0.2, -0.15) is 0 Å². The van der Waals surface area contributed by atoms with Crippen LogP contribution < -0.4 is 35.5 Å². The number of ether oxygens (including phenoxy) is 2. The number of hydrogen-bond donors (Lipinski definition) is 4. The summed E-state index contributed by atoms with van der Waals surface area (Å²) in [5.41, 5.74) is 2.69. The highest BCUT2D eigenvalue weighted by Gasteiger charge is 2.32. The fraction of sp³-hybridized carbons (Fsp3) is 0.238. The Labute approximate surface area is 333 Å². The molecule has 3 heterocycles. The van der Waals surface area contributed by atoms with Crippen molar-refractivity contribution in [3.8, 4) is 34.6 Å². The first-order valence-electron chi connectivity index (χ1n) is 18.2. The molecule has 0 amide bonds. The van der Waals surface area contributed by atoms with Crippen LogP contribution in [0, 0.1) is 23.4 Å². The average Bonchev–Trinajstić information content (AvgIpc) is 3.18. The Balaban J connectivity index is 1.40. The van der Waals surface area contributed by atoms with Crippen LogP contribution >= 0.6 is 24.4 Å². The van der Waals surface area contributed by atoms with Gasteiger partial charge in [0.05, 0.1) is 63.3 Å². The Kier molecular flexibility index (Phi) is 11.0. The molecule has 56 heavy (non-hydrogen) atoms. The number of piperazine rings is 1. The number of methoxy groups -OCH3 is 2. The first-order chi connectivity index (χ1) is 27.0. The first-order valence-corrected chi connectivity index (χ1v) is 19.0. The van der Waals surface area contributed by atoms with Crippen LogP contribution in [-0.4, -0.2) is 64.6 Å². The van der Waals surface area contributed by atoms with Gasteiger partial charge in [-0.3, -0.25) is 24.1 Å². The molecule has 0 aliphatic carbocycles. The molecular weight excluding hydrogens is 749 g/mol. The van der Waals surface area contributed by atoms with Crippen molar-refractivity contribution in [2.75, 3.05) is 45.3 Å². The third-order valence-corrected chi connectivity index (χ3v) is 11.1. The SMILES string of the molecule is COc1ccc(C(c2c([O-])n(-c3ccccc3C)c(=S)[nH]c2=O)c2c(O)n(-c3ccccc3C)c(=S)[nH]c2=O)cc1C[NH+]1CCN(c2ccccc2OC)CC1. The molecule has 1 fully saturated rings. The molecule has 14 heteroatoms. The van der Waals surface area contributed by atoms with Crippen LogP contribution in [0.5, 0.6) is 23.3 Å². The van der Waals surface area contributed by atoms with Crippen molar-refractivity contribution in [1.29, 1.82) is 0 Å². The highest BCUT2D eigenvalue weighted by atomic mass is 32.1. The van der Waals surface area contributed by atoms with Gasteiger partial charge < -0.3 is 34.1 Å². The van der Waals surface area contributed by atoms with Crippen LogP contribution in [0.25, 0.3) is 11.4 Å². The number of anilines is 1. The summed E-state index contributed by atoms with van der Waals surface area (Å²) in [6, 6.07) is 27.7. The Hall–Kier alpha value is -5.96. The molecule has 0 spiro atoms. The number of nitrogens with zero attached hydrogens (tertiary/aromatic N) is 3. The van der Waals surface area contributed by atoms with Gasteiger partial charge in [0.15, 0.2) is 9.54 Å². The molecule has 1 unspecified atom stereocenters. The van der Waals surface area contributed by atoms with E-state index < -0.39 is 28.8 Å². The molecule has 1 aliphatic rings. The maximum atomic E-state index is 14.8. The van der Waals surface area contributed by atoms with Crippen molar-refractivity contribution in [1.82, 2.24) is 19.1 Å². The largest absolute Gasteiger partial charge is 0.859 e. The van der Waals surface area contributed by atoms with Crippen molar-refractivity contribution in [2.24, 2.45) is 0 Å². The molecule has 7 rings (SSSR count). The van der Waals surface area contributed by atoms with E-state index in [9.17, 15) is 19.8 Å². The monoisotopic (exact) mass is 790 g/mol. The molecule has 1 saturated heterocycles. The molecule has 4 aromatic carbocycles. The van der Waals surface area contributed by atoms with Gasteiger partial charge in [0, 0.05) is 16.8 Å². The normalized spacial score (nSPS) is 13.8. The van der Waals surface area contributed by atoms with E-state index in [1.165, 1.54) is 14.0 Å². The molecule has 0 bridgehead atoms. The van der Waals surface area contributed by atoms with Gasteiger partial charge in [-0.25, -0.2) is 0 Å². The predicted molar refractivity (Wildman–Crippen MR) is 219 cm³/mol. The lowest BCUT2D eigenvalue weighted by Crippen LogP contribution is -3.13. The zero-order chi connectivity index (χ0) is 39.7. The summed E-state index contributed by atoms with van der Waals surface area (Å²) in [7, 11) is 3.26. The van der Waals surface area contributed by atoms with Gasteiger partial charge in [-0.15, -0.1) is 0 Å². The van der Waals surface area contributed by atoms with Gasteiger partial charge in [0.25, 0.3) is 11.1 Å². The lowest BCUT2D eigenvalue weighted by atomic mass is 9.85. The number of benzene rings is 4. The molecule has 1 atom stereocenters. The van der Waals surface area contributed by atoms with E-state index >= 15 is 0 Å². The maximum Gasteiger partial charge on any atom is 0.259 e. The van der Waals surface area contributed by atoms with Crippen LogP contribution in [0.1, 0.15) is 39.3 Å². The van der Waals surface area contributed by atoms with Crippen molar-refractivity contribution < 1.29 is 24.6 Å². The summed E-state index contributed by atoms with van der Waals surface area (Å²) in [5, 5.41) is 26.9. The van der Waals surface area contributed by atoms with Crippen LogP contribution in [0.2, 0.25) is 0 Å². The number of hydrogen-bond acceptors (Lipinski definition) is 9. The molecular formula is C42H42N6O6S2. The van der Waals surface area contributed by atoms with Crippen LogP contribution in [0.4, 0.5) is 5.69 Å². The molecule has 6 aromatic rings. The van der Waals surface area contributed by atoms with Crippen molar-refractivity contribution in [3.05, 3.63) is 155 Å². The summed E-state index contributed by atoms with van der Waals surface area (Å²) in [6.45, 7) is 7.43. The van der Waals surface area contributed by atoms with E-state index in [-0.39, 0.29) is 20.7 Å². The Morgan fingerprint density at radius 2 is 1.29 bits per heavy atom. The summed E-state index contributed by atoms with van der Waals surface area (Å²) in [5.74, 6) is -1.17. The Bertz CT molecular complexity index is 2550. The highest BCUT2D eigenvalue weighted by molar-refractivity contribution is 7.71. The zero-order valence-electron chi connectivity index (χ0n) is 31.4. The number of aromatic hydroxyl groups is 1. The Morgan fingerprint density at radius 1 is 0.750 bits per heavy atom. The number of rotatable bonds is 10. The minimum Gasteiger partial charge on any atom is -0.859 e. The minimum atomic E-state index is -1.37. The van der Waals surface area contributed by atoms with Gasteiger partial charge in [0.1, 0.15) is 18.0 Å². The predicted octanol–water partition coefficient (Wildman–Crippen LogP) is 4.60. The van der Waals surface area contributed by atoms with Crippen molar-refractivity contribution in [2.45, 2.75) is 26.3 Å². The number of para-hydroxylation sites is 4. The van der Waals surface area contributed by atoms with Gasteiger partial charge in [0.2, 0.25) is 5.88 Å². The molecule has 1 aliphatic heterocycles. The minimum absolute atomic E-state index is 0.0530. The quantitative estimate of drug-likeness (QED) is 0.147. The van der Waals surface area contributed by atoms with Crippen molar-refractivity contribution in [3.63, 3.8) is 0 Å². The number of H-pyrrole nitrogens is 2. The number of nitrogens with one attached hydrogen (secondary N) is 3. The summed E-state index contributed by atoms with van der Waals surface area (Å²) >= 11 is 11.1. The maximum absolute atomic E-state index is 14.8. The first kappa shape index (κ1) is 38.3. The second-order valence-electron chi connectivity index (χ2n) is 13.8. The Morgan fingerprint density at radius 3 is 1.89 bits per heavy atom. The van der Waals surface area contributed by atoms with E-state index in [1.807, 2.05) is 62.4 Å². The van der Waals surface area contributed by atoms with Crippen LogP contribution in [0.15, 0.2) is 101 Å². The van der Waals surface area contributed by atoms with E-state index in [4.69, 9.17) is 33.9 Å². The van der Waals surface area contributed by atoms with Crippen molar-refractivity contribution >= 4 is 30.1 Å². The van der Waals surface area contributed by atoms with Gasteiger partial charge in [-0.05, 0) is 97.3 Å². The molecule has 4 N–H and O–H groups in total. The van der Waals surface area contributed by atoms with E-state index in [0.717, 1.165) is 54.3 Å². The van der Waals surface area contributed by atoms with E-state index in [1.54, 1.807) is 50.6 Å². The van der Waals surface area contributed by atoms with E-state index in [2.05, 4.69) is 20.9 Å². The molecule has 12 nitrogen and oxygen atoms in total. The van der Waals surface area contributed by atoms with Gasteiger partial charge >= 0.3 is 0 Å². The molecule has 0 radical (unpaired) electrons. The average molecular weight is 791 g/mol. The number of aryl methyl sites for hydroxylation is 2. The second-order valence-corrected chi connectivity index (χ2v) is 14.6. The fourth-order valence-electron chi connectivity index (χ4n) is 7.65. The topological polar surface area (TPSA) is 145 Å². The fourth-order valence-corrected chi connectivity index (χ4v) is 8.20. The summed E-state index contributed by atoms with van der Waals surface area (Å²) < 4.78 is 13.9. The third-order valence-electron chi connectivity index (χ3n) is 10.5. The number of aromatic amines is 2. The number of quaternary nitrogens is 1. The highest BCUT2D eigenvalue weighted by Crippen LogP contribution is 2.39. The second kappa shape index (κ2) is 16.0. The lowest BCUT2D eigenvalue weighted by molar-refractivity contribution is -0.914. The molecule has 2 aromatic heterocycles. The molecule has 288 valence electrons. The number of aromatic nitrogens is 4. The summed E-state index contributed by atoms with van der Waals surface area (Å²) in [6.07, 6.45) is 0. The third kappa shape index (κ3) is 7.14. The van der Waals surface area contributed by atoms with E-state index in [0.29, 0.717) is 29.2 Å². The van der Waals surface area contributed by atoms with Crippen LogP contribution in [-0.2, 0) is 6.54 Å². The lowest BCUT2D eigenvalue weighted by Gasteiger charge is -2.34. The summed E-state index contributed by atoms with van der Waals surface area (Å²) in [4.78, 5) is 37.3. The molecule has 0 saturated carbocycles. The van der Waals surface area contributed by atoms with Gasteiger partial charge in [-0.1, -0.05) is 54.6 Å². The smallest absolute Gasteiger partial charge is 0.259 e. The van der Waals surface area contributed by atoms with Crippen LogP contribution in [0.3, 0.4) is 0 Å². The zero-order valence-corrected chi connectivity index (χ0v) is 33.1.